The predicted octanol–water partition coefficient (Wildman–Crippen LogP) is 6.41. The second kappa shape index (κ2) is 14.7. The molecule has 0 saturated carbocycles. The van der Waals surface area contributed by atoms with Gasteiger partial charge in [0.05, 0.1) is 11.6 Å². The summed E-state index contributed by atoms with van der Waals surface area (Å²) < 4.78 is 12.5. The Labute approximate surface area is 241 Å². The molecule has 0 radical (unpaired) electrons. The standard InChI is InChI=1S/C34H35N3O4/c1-25-30(13-7-14-32(25)28-11-4-3-5-12-28)24-40-31-17-16-29(22-37(2)18-8-15-34(38)36-39)33(20-31)41-23-27-10-6-9-26(19-27)21-35/h3-7,9-14,16-17,19-20,39H,8,15,18,22-24H2,1-2H3,(H,36,38). The molecule has 41 heavy (non-hydrogen) atoms. The van der Waals surface area contributed by atoms with Gasteiger partial charge < -0.3 is 14.4 Å². The third kappa shape index (κ3) is 8.42. The SMILES string of the molecule is Cc1c(COc2ccc(CN(C)CCCC(=O)NO)c(OCc3cccc(C#N)c3)c2)cccc1-c1ccccc1. The van der Waals surface area contributed by atoms with Crippen molar-refractivity contribution in [2.45, 2.75) is 39.5 Å². The quantitative estimate of drug-likeness (QED) is 0.148. The van der Waals surface area contributed by atoms with Crippen molar-refractivity contribution in [2.75, 3.05) is 13.6 Å². The molecule has 0 aliphatic heterocycles. The minimum absolute atomic E-state index is 0.247. The normalized spacial score (nSPS) is 10.7. The largest absolute Gasteiger partial charge is 0.489 e. The van der Waals surface area contributed by atoms with E-state index in [4.69, 9.17) is 14.7 Å². The van der Waals surface area contributed by atoms with Crippen molar-refractivity contribution in [3.8, 4) is 28.7 Å². The molecule has 0 aliphatic carbocycles. The fraction of sp³-hybridized carbons (Fsp3) is 0.235. The van der Waals surface area contributed by atoms with Crippen LogP contribution in [-0.4, -0.2) is 29.6 Å². The first kappa shape index (κ1) is 29.3. The average molecular weight is 550 g/mol. The van der Waals surface area contributed by atoms with Crippen LogP contribution in [0.15, 0.2) is 91.0 Å². The van der Waals surface area contributed by atoms with Gasteiger partial charge in [-0.2, -0.15) is 5.26 Å². The summed E-state index contributed by atoms with van der Waals surface area (Å²) in [6, 6.07) is 32.0. The molecule has 0 spiro atoms. The van der Waals surface area contributed by atoms with Gasteiger partial charge in [-0.15, -0.1) is 0 Å². The Morgan fingerprint density at radius 1 is 0.927 bits per heavy atom. The zero-order valence-corrected chi connectivity index (χ0v) is 23.5. The zero-order valence-electron chi connectivity index (χ0n) is 23.5. The third-order valence-electron chi connectivity index (χ3n) is 6.92. The first-order valence-electron chi connectivity index (χ1n) is 13.6. The highest BCUT2D eigenvalue weighted by Gasteiger charge is 2.12. The van der Waals surface area contributed by atoms with Crippen molar-refractivity contribution in [3.63, 3.8) is 0 Å². The van der Waals surface area contributed by atoms with Crippen molar-refractivity contribution >= 4 is 5.91 Å². The van der Waals surface area contributed by atoms with Gasteiger partial charge >= 0.3 is 0 Å². The number of hydrogen-bond donors (Lipinski definition) is 2. The van der Waals surface area contributed by atoms with E-state index in [1.807, 2.05) is 61.6 Å². The number of benzene rings is 4. The van der Waals surface area contributed by atoms with Gasteiger partial charge in [0.1, 0.15) is 24.7 Å². The summed E-state index contributed by atoms with van der Waals surface area (Å²) in [6.07, 6.45) is 0.861. The van der Waals surface area contributed by atoms with Gasteiger partial charge in [0.15, 0.2) is 0 Å². The van der Waals surface area contributed by atoms with E-state index in [9.17, 15) is 10.1 Å². The molecule has 1 amide bonds. The van der Waals surface area contributed by atoms with Crippen LogP contribution in [0.5, 0.6) is 11.5 Å². The van der Waals surface area contributed by atoms with Gasteiger partial charge in [-0.1, -0.05) is 66.7 Å². The van der Waals surface area contributed by atoms with Gasteiger partial charge in [0.25, 0.3) is 0 Å². The summed E-state index contributed by atoms with van der Waals surface area (Å²) in [5, 5.41) is 18.0. The number of hydrogen-bond acceptors (Lipinski definition) is 6. The highest BCUT2D eigenvalue weighted by molar-refractivity contribution is 5.74. The minimum Gasteiger partial charge on any atom is -0.489 e. The van der Waals surface area contributed by atoms with E-state index in [1.54, 1.807) is 11.5 Å². The summed E-state index contributed by atoms with van der Waals surface area (Å²) in [6.45, 7) is 4.13. The third-order valence-corrected chi connectivity index (χ3v) is 6.92. The molecule has 0 aromatic heterocycles. The summed E-state index contributed by atoms with van der Waals surface area (Å²) in [4.78, 5) is 13.5. The van der Waals surface area contributed by atoms with Gasteiger partial charge in [-0.3, -0.25) is 10.0 Å². The lowest BCUT2D eigenvalue weighted by atomic mass is 9.97. The van der Waals surface area contributed by atoms with Crippen LogP contribution in [0.4, 0.5) is 0 Å². The number of rotatable bonds is 13. The highest BCUT2D eigenvalue weighted by Crippen LogP contribution is 2.30. The molecule has 0 heterocycles. The molecule has 0 saturated heterocycles. The van der Waals surface area contributed by atoms with E-state index < -0.39 is 5.91 Å². The van der Waals surface area contributed by atoms with E-state index in [2.05, 4.69) is 48.2 Å². The molecular formula is C34H35N3O4. The first-order chi connectivity index (χ1) is 20.0. The second-order valence-electron chi connectivity index (χ2n) is 9.99. The van der Waals surface area contributed by atoms with Crippen LogP contribution in [-0.2, 0) is 24.6 Å². The lowest BCUT2D eigenvalue weighted by Gasteiger charge is -2.20. The molecule has 0 fully saturated rings. The van der Waals surface area contributed by atoms with Crippen molar-refractivity contribution in [1.82, 2.24) is 10.4 Å². The maximum absolute atomic E-state index is 11.4. The fourth-order valence-corrected chi connectivity index (χ4v) is 4.65. The van der Waals surface area contributed by atoms with Crippen LogP contribution in [0.3, 0.4) is 0 Å². The number of nitrogens with one attached hydrogen (secondary N) is 1. The van der Waals surface area contributed by atoms with E-state index in [1.165, 1.54) is 16.7 Å². The maximum atomic E-state index is 11.4. The lowest BCUT2D eigenvalue weighted by Crippen LogP contribution is -2.23. The molecule has 0 bridgehead atoms. The summed E-state index contributed by atoms with van der Waals surface area (Å²) in [5.41, 5.74) is 8.79. The van der Waals surface area contributed by atoms with E-state index in [-0.39, 0.29) is 6.42 Å². The van der Waals surface area contributed by atoms with Crippen molar-refractivity contribution in [2.24, 2.45) is 0 Å². The Balaban J connectivity index is 1.50. The van der Waals surface area contributed by atoms with Crippen LogP contribution in [0.2, 0.25) is 0 Å². The summed E-state index contributed by atoms with van der Waals surface area (Å²) >= 11 is 0. The Morgan fingerprint density at radius 2 is 1.73 bits per heavy atom. The Bertz CT molecular complexity index is 1500. The van der Waals surface area contributed by atoms with Crippen molar-refractivity contribution in [1.29, 1.82) is 5.26 Å². The van der Waals surface area contributed by atoms with Crippen LogP contribution >= 0.6 is 0 Å². The monoisotopic (exact) mass is 549 g/mol. The number of carbonyl (C=O) groups is 1. The van der Waals surface area contributed by atoms with Crippen LogP contribution in [0.25, 0.3) is 11.1 Å². The lowest BCUT2D eigenvalue weighted by molar-refractivity contribution is -0.129. The van der Waals surface area contributed by atoms with Crippen molar-refractivity contribution in [3.05, 3.63) is 119 Å². The molecule has 210 valence electrons. The number of carbonyl (C=O) groups excluding carboxylic acids is 1. The van der Waals surface area contributed by atoms with Crippen LogP contribution in [0, 0.1) is 18.3 Å². The van der Waals surface area contributed by atoms with Gasteiger partial charge in [-0.05, 0) is 73.0 Å². The molecule has 2 N–H and O–H groups in total. The number of ether oxygens (including phenoxy) is 2. The molecule has 7 nitrogen and oxygen atoms in total. The maximum Gasteiger partial charge on any atom is 0.243 e. The van der Waals surface area contributed by atoms with E-state index in [0.717, 1.165) is 16.7 Å². The number of amides is 1. The molecule has 4 aromatic rings. The zero-order chi connectivity index (χ0) is 29.0. The van der Waals surface area contributed by atoms with E-state index in [0.29, 0.717) is 49.8 Å². The Hall–Kier alpha value is -4.64. The summed E-state index contributed by atoms with van der Waals surface area (Å²) in [5.74, 6) is 0.994. The minimum atomic E-state index is -0.395. The predicted molar refractivity (Wildman–Crippen MR) is 158 cm³/mol. The average Bonchev–Trinajstić information content (AvgIpc) is 3.00. The molecule has 4 rings (SSSR count). The molecular weight excluding hydrogens is 514 g/mol. The molecule has 7 heteroatoms. The van der Waals surface area contributed by atoms with Gasteiger partial charge in [0.2, 0.25) is 5.91 Å². The fourth-order valence-electron chi connectivity index (χ4n) is 4.65. The van der Waals surface area contributed by atoms with Gasteiger partial charge in [-0.25, -0.2) is 5.48 Å². The van der Waals surface area contributed by atoms with Crippen LogP contribution in [0.1, 0.15) is 40.7 Å². The Morgan fingerprint density at radius 3 is 2.51 bits per heavy atom. The van der Waals surface area contributed by atoms with Crippen LogP contribution < -0.4 is 15.0 Å². The smallest absolute Gasteiger partial charge is 0.243 e. The number of nitriles is 1. The Kier molecular flexibility index (Phi) is 10.5. The van der Waals surface area contributed by atoms with E-state index >= 15 is 0 Å². The summed E-state index contributed by atoms with van der Waals surface area (Å²) in [7, 11) is 1.98. The molecule has 0 unspecified atom stereocenters. The molecule has 4 aromatic carbocycles. The first-order valence-corrected chi connectivity index (χ1v) is 13.6. The van der Waals surface area contributed by atoms with Gasteiger partial charge in [0, 0.05) is 24.6 Å². The van der Waals surface area contributed by atoms with Crippen molar-refractivity contribution < 1.29 is 19.5 Å². The topological polar surface area (TPSA) is 94.8 Å². The molecule has 0 aliphatic rings. The second-order valence-corrected chi connectivity index (χ2v) is 9.99. The highest BCUT2D eigenvalue weighted by atomic mass is 16.5. The number of nitrogens with zero attached hydrogens (tertiary/aromatic N) is 2. The number of hydroxylamine groups is 1. The molecule has 0 atom stereocenters.